The molecule has 0 unspecified atom stereocenters. The third kappa shape index (κ3) is 1.65. The van der Waals surface area contributed by atoms with E-state index in [1.54, 1.807) is 16.9 Å². The summed E-state index contributed by atoms with van der Waals surface area (Å²) in [6.07, 6.45) is 1.71. The number of benzene rings is 1. The standard InChI is InChI=1S/C11H8N2O2SSe/c1-15-8-4-2-3-7-9(8)17-13(10(7)14)11-12-5-6-16-11/h2-6H,1H3. The van der Waals surface area contributed by atoms with Crippen LogP contribution >= 0.6 is 11.3 Å². The number of nitrogens with zero attached hydrogens (tertiary/aromatic N) is 2. The molecule has 0 saturated heterocycles. The van der Waals surface area contributed by atoms with Crippen LogP contribution in [0.5, 0.6) is 5.75 Å². The molecule has 0 amide bonds. The Balaban J connectivity index is 2.36. The summed E-state index contributed by atoms with van der Waals surface area (Å²) in [6, 6.07) is 5.58. The number of hydrogen-bond acceptors (Lipinski definition) is 4. The molecular formula is C11H8N2O2SSe. The van der Waals surface area contributed by atoms with Gasteiger partial charge in [-0.15, -0.1) is 0 Å². The molecule has 86 valence electrons. The van der Waals surface area contributed by atoms with Gasteiger partial charge in [-0.3, -0.25) is 0 Å². The van der Waals surface area contributed by atoms with E-state index in [0.717, 1.165) is 20.5 Å². The molecule has 0 fully saturated rings. The topological polar surface area (TPSA) is 44.1 Å². The molecule has 0 radical (unpaired) electrons. The van der Waals surface area contributed by atoms with Crippen LogP contribution in [0.4, 0.5) is 0 Å². The van der Waals surface area contributed by atoms with Crippen molar-refractivity contribution in [3.05, 3.63) is 40.1 Å². The molecule has 0 aliphatic carbocycles. The predicted octanol–water partition coefficient (Wildman–Crippen LogP) is 1.51. The summed E-state index contributed by atoms with van der Waals surface area (Å²) in [7, 11) is 1.63. The van der Waals surface area contributed by atoms with Crippen molar-refractivity contribution in [2.75, 3.05) is 7.11 Å². The van der Waals surface area contributed by atoms with Crippen molar-refractivity contribution >= 4 is 35.7 Å². The van der Waals surface area contributed by atoms with Gasteiger partial charge in [0.15, 0.2) is 0 Å². The third-order valence-electron chi connectivity index (χ3n) is 2.39. The summed E-state index contributed by atoms with van der Waals surface area (Å²) in [6.45, 7) is 0. The van der Waals surface area contributed by atoms with Crippen LogP contribution in [0.15, 0.2) is 34.6 Å². The van der Waals surface area contributed by atoms with Crippen LogP contribution in [0, 0.1) is 0 Å². The van der Waals surface area contributed by atoms with Crippen LogP contribution in [0.25, 0.3) is 14.8 Å². The summed E-state index contributed by atoms with van der Waals surface area (Å²) in [5.74, 6) is 0.787. The zero-order valence-electron chi connectivity index (χ0n) is 8.91. The van der Waals surface area contributed by atoms with Crippen molar-refractivity contribution in [2.45, 2.75) is 0 Å². The minimum absolute atomic E-state index is 0.0221. The summed E-state index contributed by atoms with van der Waals surface area (Å²) in [5.41, 5.74) is 0.0221. The fourth-order valence-corrected chi connectivity index (χ4v) is 4.70. The Bertz CT molecular complexity index is 715. The second-order valence-corrected chi connectivity index (χ2v) is 6.22. The van der Waals surface area contributed by atoms with Gasteiger partial charge in [-0.2, -0.15) is 0 Å². The van der Waals surface area contributed by atoms with Gasteiger partial charge in [0.25, 0.3) is 0 Å². The Kier molecular flexibility index (Phi) is 2.63. The van der Waals surface area contributed by atoms with E-state index in [1.807, 2.05) is 23.6 Å². The van der Waals surface area contributed by atoms with E-state index in [4.69, 9.17) is 4.74 Å². The van der Waals surface area contributed by atoms with Gasteiger partial charge in [0, 0.05) is 0 Å². The number of aromatic nitrogens is 2. The predicted molar refractivity (Wildman–Crippen MR) is 68.7 cm³/mol. The molecule has 3 aromatic rings. The number of hydrogen-bond donors (Lipinski definition) is 0. The molecular weight excluding hydrogens is 303 g/mol. The Hall–Kier alpha value is -1.36. The van der Waals surface area contributed by atoms with E-state index in [0.29, 0.717) is 0 Å². The van der Waals surface area contributed by atoms with E-state index < -0.39 is 0 Å². The molecule has 0 spiro atoms. The Morgan fingerprint density at radius 1 is 1.47 bits per heavy atom. The van der Waals surface area contributed by atoms with Crippen molar-refractivity contribution in [2.24, 2.45) is 0 Å². The fourth-order valence-electron chi connectivity index (χ4n) is 1.62. The molecule has 3 rings (SSSR count). The van der Waals surface area contributed by atoms with Crippen LogP contribution in [-0.2, 0) is 0 Å². The average Bonchev–Trinajstić information content (AvgIpc) is 2.97. The summed E-state index contributed by atoms with van der Waals surface area (Å²) in [5, 5.41) is 3.37. The van der Waals surface area contributed by atoms with Crippen molar-refractivity contribution < 1.29 is 4.74 Å². The fraction of sp³-hybridized carbons (Fsp3) is 0.0909. The Labute approximate surface area is 107 Å². The molecule has 6 heteroatoms. The summed E-state index contributed by atoms with van der Waals surface area (Å²) in [4.78, 5) is 16.4. The average molecular weight is 311 g/mol. The van der Waals surface area contributed by atoms with E-state index in [2.05, 4.69) is 4.98 Å². The van der Waals surface area contributed by atoms with E-state index in [1.165, 1.54) is 11.3 Å². The molecule has 17 heavy (non-hydrogen) atoms. The molecule has 0 aliphatic heterocycles. The first-order chi connectivity index (χ1) is 8.31. The van der Waals surface area contributed by atoms with Crippen molar-refractivity contribution in [3.63, 3.8) is 0 Å². The van der Waals surface area contributed by atoms with E-state index in [9.17, 15) is 4.79 Å². The van der Waals surface area contributed by atoms with E-state index in [-0.39, 0.29) is 20.3 Å². The first-order valence-corrected chi connectivity index (χ1v) is 7.40. The van der Waals surface area contributed by atoms with Gasteiger partial charge < -0.3 is 0 Å². The molecule has 1 aromatic carbocycles. The van der Waals surface area contributed by atoms with E-state index >= 15 is 0 Å². The van der Waals surface area contributed by atoms with Crippen LogP contribution in [0.1, 0.15) is 0 Å². The number of thiazole rings is 1. The second kappa shape index (κ2) is 4.14. The number of rotatable bonds is 2. The van der Waals surface area contributed by atoms with Gasteiger partial charge >= 0.3 is 107 Å². The molecule has 0 N–H and O–H groups in total. The maximum atomic E-state index is 12.2. The molecule has 0 saturated carbocycles. The van der Waals surface area contributed by atoms with Crippen molar-refractivity contribution in [1.82, 2.24) is 8.55 Å². The van der Waals surface area contributed by atoms with Gasteiger partial charge in [-0.25, -0.2) is 0 Å². The quantitative estimate of drug-likeness (QED) is 0.674. The normalized spacial score (nSPS) is 10.9. The van der Waals surface area contributed by atoms with Crippen molar-refractivity contribution in [1.29, 1.82) is 0 Å². The Morgan fingerprint density at radius 2 is 2.35 bits per heavy atom. The zero-order chi connectivity index (χ0) is 11.8. The van der Waals surface area contributed by atoms with Gasteiger partial charge in [-0.1, -0.05) is 0 Å². The third-order valence-corrected chi connectivity index (χ3v) is 5.77. The summed E-state index contributed by atoms with van der Waals surface area (Å²) >= 11 is 1.39. The zero-order valence-corrected chi connectivity index (χ0v) is 11.4. The van der Waals surface area contributed by atoms with Crippen LogP contribution in [-0.4, -0.2) is 30.4 Å². The van der Waals surface area contributed by atoms with Gasteiger partial charge in [0.1, 0.15) is 0 Å². The van der Waals surface area contributed by atoms with Crippen LogP contribution in [0.3, 0.4) is 0 Å². The van der Waals surface area contributed by atoms with Gasteiger partial charge in [0.2, 0.25) is 0 Å². The number of methoxy groups -OCH3 is 1. The van der Waals surface area contributed by atoms with Crippen LogP contribution in [0.2, 0.25) is 0 Å². The molecule has 0 bridgehead atoms. The maximum absolute atomic E-state index is 12.2. The summed E-state index contributed by atoms with van der Waals surface area (Å²) < 4.78 is 8.03. The number of ether oxygens (including phenoxy) is 1. The van der Waals surface area contributed by atoms with Crippen molar-refractivity contribution in [3.8, 4) is 10.9 Å². The molecule has 0 atom stereocenters. The second-order valence-electron chi connectivity index (χ2n) is 3.34. The molecule has 2 heterocycles. The minimum atomic E-state index is -0.0864. The van der Waals surface area contributed by atoms with Gasteiger partial charge in [-0.05, 0) is 0 Å². The van der Waals surface area contributed by atoms with Crippen LogP contribution < -0.4 is 10.3 Å². The monoisotopic (exact) mass is 312 g/mol. The first-order valence-electron chi connectivity index (χ1n) is 4.90. The van der Waals surface area contributed by atoms with Gasteiger partial charge in [0.05, 0.1) is 0 Å². The Morgan fingerprint density at radius 3 is 3.06 bits per heavy atom. The molecule has 2 aromatic heterocycles. The first kappa shape index (κ1) is 10.8. The SMILES string of the molecule is COc1cccc2c(=O)n(-c3nccs3)[se]c12. The molecule has 4 nitrogen and oxygen atoms in total. The number of fused-ring (bicyclic) bond motifs is 1. The molecule has 0 aliphatic rings.